The molecule has 0 saturated heterocycles. The van der Waals surface area contributed by atoms with Crippen molar-refractivity contribution in [3.05, 3.63) is 23.8 Å². The Bertz CT molecular complexity index is 436. The van der Waals surface area contributed by atoms with Gasteiger partial charge in [0, 0.05) is 0 Å². The average molecular weight is 266 g/mol. The number of hydrogen-bond donors (Lipinski definition) is 1. The second-order valence-corrected chi connectivity index (χ2v) is 4.64. The van der Waals surface area contributed by atoms with E-state index in [4.69, 9.17) is 9.47 Å². The largest absolute Gasteiger partial charge is 0.496 e. The molecule has 1 aromatic carbocycles. The number of ketones is 1. The highest BCUT2D eigenvalue weighted by molar-refractivity contribution is 5.97. The fourth-order valence-corrected chi connectivity index (χ4v) is 1.72. The van der Waals surface area contributed by atoms with Crippen molar-refractivity contribution in [3.8, 4) is 11.5 Å². The van der Waals surface area contributed by atoms with Gasteiger partial charge in [-0.25, -0.2) is 0 Å². The minimum absolute atomic E-state index is 0.0801. The van der Waals surface area contributed by atoms with Crippen molar-refractivity contribution in [1.29, 1.82) is 0 Å². The number of benzene rings is 1. The molecule has 4 heteroatoms. The van der Waals surface area contributed by atoms with Crippen LogP contribution in [0.25, 0.3) is 0 Å². The van der Waals surface area contributed by atoms with Gasteiger partial charge in [-0.05, 0) is 38.0 Å². The zero-order valence-electron chi connectivity index (χ0n) is 12.0. The monoisotopic (exact) mass is 266 g/mol. The number of Topliss-reactive ketones (excluding diaryl/α,β-unsaturated/α-hetero) is 1. The molecule has 106 valence electrons. The van der Waals surface area contributed by atoms with Crippen molar-refractivity contribution in [3.63, 3.8) is 0 Å². The summed E-state index contributed by atoms with van der Waals surface area (Å²) in [5, 5.41) is 10.2. The maximum Gasteiger partial charge on any atom is 0.163 e. The molecule has 0 fully saturated rings. The molecule has 0 aliphatic rings. The van der Waals surface area contributed by atoms with Crippen LogP contribution in [0.3, 0.4) is 0 Å². The number of methoxy groups -OCH3 is 1. The number of ether oxygens (including phenoxy) is 2. The summed E-state index contributed by atoms with van der Waals surface area (Å²) in [6.45, 7) is 5.53. The normalized spacial score (nSPS) is 11.2. The molecule has 0 radical (unpaired) electrons. The molecule has 1 aromatic rings. The van der Waals surface area contributed by atoms with Crippen LogP contribution in [0, 0.1) is 0 Å². The lowest BCUT2D eigenvalue weighted by atomic mass is 9.99. The fraction of sp³-hybridized carbons (Fsp3) is 0.533. The smallest absolute Gasteiger partial charge is 0.163 e. The first kappa shape index (κ1) is 15.5. The Morgan fingerprint density at radius 3 is 2.42 bits per heavy atom. The summed E-state index contributed by atoms with van der Waals surface area (Å²) < 4.78 is 10.7. The van der Waals surface area contributed by atoms with Crippen molar-refractivity contribution < 1.29 is 19.4 Å². The number of carbonyl (C=O) groups excluding carboxylic acids is 1. The van der Waals surface area contributed by atoms with E-state index in [0.717, 1.165) is 0 Å². The van der Waals surface area contributed by atoms with E-state index in [1.807, 2.05) is 13.8 Å². The molecule has 0 aliphatic heterocycles. The maximum absolute atomic E-state index is 11.5. The molecule has 0 bridgehead atoms. The Kier molecular flexibility index (Phi) is 5.36. The molecule has 1 rings (SSSR count). The van der Waals surface area contributed by atoms with Gasteiger partial charge in [-0.2, -0.15) is 0 Å². The lowest BCUT2D eigenvalue weighted by Crippen LogP contribution is -2.34. The Labute approximate surface area is 114 Å². The summed E-state index contributed by atoms with van der Waals surface area (Å²) in [7, 11) is 1.52. The zero-order valence-corrected chi connectivity index (χ0v) is 12.0. The third-order valence-electron chi connectivity index (χ3n) is 3.37. The van der Waals surface area contributed by atoms with Gasteiger partial charge < -0.3 is 14.6 Å². The second kappa shape index (κ2) is 6.57. The van der Waals surface area contributed by atoms with E-state index in [9.17, 15) is 9.90 Å². The quantitative estimate of drug-likeness (QED) is 0.771. The van der Waals surface area contributed by atoms with E-state index in [0.29, 0.717) is 29.9 Å². The summed E-state index contributed by atoms with van der Waals surface area (Å²) in [6, 6.07) is 5.08. The Morgan fingerprint density at radius 1 is 1.32 bits per heavy atom. The summed E-state index contributed by atoms with van der Waals surface area (Å²) >= 11 is 0. The molecule has 4 nitrogen and oxygen atoms in total. The van der Waals surface area contributed by atoms with E-state index < -0.39 is 5.60 Å². The van der Waals surface area contributed by atoms with Gasteiger partial charge in [0.25, 0.3) is 0 Å². The zero-order chi connectivity index (χ0) is 14.5. The molecule has 1 N–H and O–H groups in total. The molecule has 0 amide bonds. The molecule has 0 unspecified atom stereocenters. The van der Waals surface area contributed by atoms with Crippen molar-refractivity contribution in [2.24, 2.45) is 0 Å². The first-order valence-corrected chi connectivity index (χ1v) is 6.50. The SMILES string of the molecule is CCC(O)(CC)COc1ccc(OC)c(C(C)=O)c1. The van der Waals surface area contributed by atoms with Crippen LogP contribution in [0.4, 0.5) is 0 Å². The van der Waals surface area contributed by atoms with Crippen LogP contribution in [-0.4, -0.2) is 30.2 Å². The van der Waals surface area contributed by atoms with E-state index in [2.05, 4.69) is 0 Å². The van der Waals surface area contributed by atoms with E-state index in [1.165, 1.54) is 14.0 Å². The first-order chi connectivity index (χ1) is 8.95. The minimum atomic E-state index is -0.823. The van der Waals surface area contributed by atoms with Gasteiger partial charge >= 0.3 is 0 Å². The Hall–Kier alpha value is -1.55. The number of rotatable bonds is 7. The van der Waals surface area contributed by atoms with Gasteiger partial charge in [-0.15, -0.1) is 0 Å². The highest BCUT2D eigenvalue weighted by atomic mass is 16.5. The molecular weight excluding hydrogens is 244 g/mol. The van der Waals surface area contributed by atoms with Crippen molar-refractivity contribution in [2.45, 2.75) is 39.2 Å². The predicted octanol–water partition coefficient (Wildman–Crippen LogP) is 2.83. The van der Waals surface area contributed by atoms with Crippen LogP contribution in [-0.2, 0) is 0 Å². The fourth-order valence-electron chi connectivity index (χ4n) is 1.72. The van der Waals surface area contributed by atoms with Gasteiger partial charge in [0.1, 0.15) is 18.1 Å². The van der Waals surface area contributed by atoms with Gasteiger partial charge in [0.05, 0.1) is 18.3 Å². The molecular formula is C15H22O4. The summed E-state index contributed by atoms with van der Waals surface area (Å²) in [6.07, 6.45) is 1.25. The van der Waals surface area contributed by atoms with Crippen LogP contribution in [0.2, 0.25) is 0 Å². The van der Waals surface area contributed by atoms with E-state index in [-0.39, 0.29) is 12.4 Å². The third kappa shape index (κ3) is 3.96. The number of aliphatic hydroxyl groups is 1. The van der Waals surface area contributed by atoms with Crippen LogP contribution < -0.4 is 9.47 Å². The highest BCUT2D eigenvalue weighted by Crippen LogP contribution is 2.25. The third-order valence-corrected chi connectivity index (χ3v) is 3.37. The minimum Gasteiger partial charge on any atom is -0.496 e. The molecule has 0 aliphatic carbocycles. The van der Waals surface area contributed by atoms with Crippen LogP contribution >= 0.6 is 0 Å². The van der Waals surface area contributed by atoms with Crippen LogP contribution in [0.1, 0.15) is 44.0 Å². The topological polar surface area (TPSA) is 55.8 Å². The van der Waals surface area contributed by atoms with Gasteiger partial charge in [0.15, 0.2) is 5.78 Å². The van der Waals surface area contributed by atoms with Gasteiger partial charge in [-0.1, -0.05) is 13.8 Å². The highest BCUT2D eigenvalue weighted by Gasteiger charge is 2.23. The Morgan fingerprint density at radius 2 is 1.95 bits per heavy atom. The van der Waals surface area contributed by atoms with Crippen molar-refractivity contribution >= 4 is 5.78 Å². The molecule has 0 heterocycles. The standard InChI is InChI=1S/C15H22O4/c1-5-15(17,6-2)10-19-12-7-8-14(18-4)13(9-12)11(3)16/h7-9,17H,5-6,10H2,1-4H3. The summed E-state index contributed by atoms with van der Waals surface area (Å²) in [5.41, 5.74) is -0.340. The molecule has 0 saturated carbocycles. The number of carbonyl (C=O) groups is 1. The summed E-state index contributed by atoms with van der Waals surface area (Å²) in [4.78, 5) is 11.5. The second-order valence-electron chi connectivity index (χ2n) is 4.64. The molecule has 0 spiro atoms. The van der Waals surface area contributed by atoms with Crippen molar-refractivity contribution in [1.82, 2.24) is 0 Å². The number of hydrogen-bond acceptors (Lipinski definition) is 4. The molecule has 0 atom stereocenters. The summed E-state index contributed by atoms with van der Waals surface area (Å²) in [5.74, 6) is 1.01. The van der Waals surface area contributed by atoms with Crippen LogP contribution in [0.5, 0.6) is 11.5 Å². The first-order valence-electron chi connectivity index (χ1n) is 6.50. The lowest BCUT2D eigenvalue weighted by molar-refractivity contribution is -0.0113. The van der Waals surface area contributed by atoms with Gasteiger partial charge in [-0.3, -0.25) is 4.79 Å². The van der Waals surface area contributed by atoms with Gasteiger partial charge in [0.2, 0.25) is 0 Å². The van der Waals surface area contributed by atoms with Crippen molar-refractivity contribution in [2.75, 3.05) is 13.7 Å². The predicted molar refractivity (Wildman–Crippen MR) is 74.0 cm³/mol. The molecule has 19 heavy (non-hydrogen) atoms. The average Bonchev–Trinajstić information content (AvgIpc) is 2.44. The maximum atomic E-state index is 11.5. The lowest BCUT2D eigenvalue weighted by Gasteiger charge is -2.25. The molecule has 0 aromatic heterocycles. The van der Waals surface area contributed by atoms with E-state index >= 15 is 0 Å². The Balaban J connectivity index is 2.86. The van der Waals surface area contributed by atoms with E-state index in [1.54, 1.807) is 18.2 Å². The van der Waals surface area contributed by atoms with Crippen LogP contribution in [0.15, 0.2) is 18.2 Å².